The Morgan fingerprint density at radius 3 is 2.72 bits per heavy atom. The second-order valence-electron chi connectivity index (χ2n) is 7.84. The van der Waals surface area contributed by atoms with Gasteiger partial charge in [0, 0.05) is 42.0 Å². The molecular formula is C21H23FN6O. The summed E-state index contributed by atoms with van der Waals surface area (Å²) >= 11 is 0. The second kappa shape index (κ2) is 6.89. The van der Waals surface area contributed by atoms with Gasteiger partial charge in [-0.2, -0.15) is 5.10 Å². The fourth-order valence-electron chi connectivity index (χ4n) is 4.12. The largest absolute Gasteiger partial charge is 0.371 e. The van der Waals surface area contributed by atoms with Crippen molar-refractivity contribution in [2.75, 3.05) is 23.3 Å². The number of anilines is 2. The normalized spacial score (nSPS) is 21.7. The minimum absolute atomic E-state index is 0.291. The molecule has 3 aliphatic heterocycles. The Kier molecular flexibility index (Phi) is 4.33. The Labute approximate surface area is 168 Å². The molecule has 0 spiro atoms. The highest BCUT2D eigenvalue weighted by Crippen LogP contribution is 2.33. The number of aromatic nitrogens is 3. The molecule has 3 aliphatic rings. The Balaban J connectivity index is 1.50. The van der Waals surface area contributed by atoms with Crippen molar-refractivity contribution in [3.8, 4) is 0 Å². The number of ether oxygens (including phenoxy) is 1. The van der Waals surface area contributed by atoms with Crippen molar-refractivity contribution in [1.82, 2.24) is 15.2 Å². The quantitative estimate of drug-likeness (QED) is 0.658. The van der Waals surface area contributed by atoms with E-state index < -0.39 is 6.17 Å². The number of benzene rings is 1. The summed E-state index contributed by atoms with van der Waals surface area (Å²) in [6, 6.07) is 7.19. The van der Waals surface area contributed by atoms with E-state index >= 15 is 0 Å². The van der Waals surface area contributed by atoms with Crippen molar-refractivity contribution < 1.29 is 9.13 Å². The number of aryl methyl sites for hydroxylation is 2. The van der Waals surface area contributed by atoms with Crippen LogP contribution in [0.4, 0.5) is 16.0 Å². The highest BCUT2D eigenvalue weighted by Gasteiger charge is 2.38. The lowest BCUT2D eigenvalue weighted by molar-refractivity contribution is -0.133. The third kappa shape index (κ3) is 3.18. The highest BCUT2D eigenvalue weighted by atomic mass is 19.1. The van der Waals surface area contributed by atoms with Crippen LogP contribution >= 0.6 is 0 Å². The molecule has 3 fully saturated rings. The van der Waals surface area contributed by atoms with Gasteiger partial charge in [0.1, 0.15) is 17.8 Å². The summed E-state index contributed by atoms with van der Waals surface area (Å²) in [7, 11) is 0. The molecule has 2 unspecified atom stereocenters. The molecule has 5 heterocycles. The van der Waals surface area contributed by atoms with E-state index in [1.165, 1.54) is 0 Å². The summed E-state index contributed by atoms with van der Waals surface area (Å²) in [6.45, 7) is 5.29. The predicted octanol–water partition coefficient (Wildman–Crippen LogP) is 2.83. The zero-order valence-electron chi connectivity index (χ0n) is 16.4. The van der Waals surface area contributed by atoms with Crippen LogP contribution in [0.25, 0.3) is 10.8 Å². The molecule has 0 amide bonds. The van der Waals surface area contributed by atoms with Crippen molar-refractivity contribution in [2.45, 2.75) is 38.6 Å². The Morgan fingerprint density at radius 1 is 1.21 bits per heavy atom. The number of nitrogens with two attached hydrogens (primary N) is 1. The summed E-state index contributed by atoms with van der Waals surface area (Å²) < 4.78 is 20.2. The fraction of sp³-hybridized carbons (Fsp3) is 0.381. The van der Waals surface area contributed by atoms with Gasteiger partial charge in [0.05, 0.1) is 17.9 Å². The van der Waals surface area contributed by atoms with Crippen LogP contribution in [-0.4, -0.2) is 40.5 Å². The van der Waals surface area contributed by atoms with Crippen molar-refractivity contribution in [3.63, 3.8) is 0 Å². The average Bonchev–Trinajstić information content (AvgIpc) is 2.71. The third-order valence-electron chi connectivity index (χ3n) is 5.77. The first-order chi connectivity index (χ1) is 14.0. The minimum Gasteiger partial charge on any atom is -0.371 e. The van der Waals surface area contributed by atoms with E-state index in [4.69, 9.17) is 10.5 Å². The zero-order valence-corrected chi connectivity index (χ0v) is 16.4. The molecule has 7 nitrogen and oxygen atoms in total. The van der Waals surface area contributed by atoms with Crippen LogP contribution in [0, 0.1) is 19.7 Å². The molecule has 0 saturated carbocycles. The van der Waals surface area contributed by atoms with Gasteiger partial charge in [-0.15, -0.1) is 5.10 Å². The molecule has 2 aromatic heterocycles. The molecule has 3 atom stereocenters. The van der Waals surface area contributed by atoms with Crippen LogP contribution < -0.4 is 16.0 Å². The number of hydrogen-bond donors (Lipinski definition) is 2. The molecule has 29 heavy (non-hydrogen) atoms. The van der Waals surface area contributed by atoms with Gasteiger partial charge in [-0.05, 0) is 25.5 Å². The topological polar surface area (TPSA) is 89.2 Å². The van der Waals surface area contributed by atoms with E-state index in [1.807, 2.05) is 19.2 Å². The lowest BCUT2D eigenvalue weighted by Crippen LogP contribution is -2.57. The number of rotatable bonds is 4. The monoisotopic (exact) mass is 394 g/mol. The standard InChI is InChI=1S/C21H23FN6O/c1-11-4-3-5-15(19(11)22)20(23)25-21-16-7-18(24-8-17(16)12(2)26-27-21)28-9-13-6-14(10-28)29-13/h3-5,7-8,13-14,20H,6,9-10,23H2,1-2H3,(H,25,27)/t13?,14?,20-/m0/s1. The van der Waals surface area contributed by atoms with Gasteiger partial charge >= 0.3 is 0 Å². The number of nitrogens with one attached hydrogen (secondary N) is 1. The predicted molar refractivity (Wildman–Crippen MR) is 109 cm³/mol. The van der Waals surface area contributed by atoms with Crippen LogP contribution in [0.2, 0.25) is 0 Å². The molecule has 0 radical (unpaired) electrons. The van der Waals surface area contributed by atoms with Crippen molar-refractivity contribution in [2.24, 2.45) is 5.73 Å². The van der Waals surface area contributed by atoms with Crippen molar-refractivity contribution in [1.29, 1.82) is 0 Å². The number of piperidine rings is 1. The van der Waals surface area contributed by atoms with Crippen molar-refractivity contribution in [3.05, 3.63) is 53.1 Å². The van der Waals surface area contributed by atoms with Crippen LogP contribution in [0.3, 0.4) is 0 Å². The van der Waals surface area contributed by atoms with E-state index in [-0.39, 0.29) is 5.82 Å². The molecule has 1 aromatic carbocycles. The lowest BCUT2D eigenvalue weighted by atomic mass is 9.99. The molecule has 6 rings (SSSR count). The number of morpholine rings is 1. The first kappa shape index (κ1) is 18.2. The van der Waals surface area contributed by atoms with Crippen LogP contribution in [0.5, 0.6) is 0 Å². The summed E-state index contributed by atoms with van der Waals surface area (Å²) in [6.07, 6.45) is 2.78. The summed E-state index contributed by atoms with van der Waals surface area (Å²) in [4.78, 5) is 6.87. The zero-order chi connectivity index (χ0) is 20.1. The number of halogens is 1. The van der Waals surface area contributed by atoms with E-state index in [0.717, 1.165) is 41.8 Å². The number of hydrogen-bond acceptors (Lipinski definition) is 7. The maximum atomic E-state index is 14.5. The molecular weight excluding hydrogens is 371 g/mol. The maximum absolute atomic E-state index is 14.5. The van der Waals surface area contributed by atoms with E-state index in [1.54, 1.807) is 25.1 Å². The van der Waals surface area contributed by atoms with Gasteiger partial charge in [0.15, 0.2) is 5.82 Å². The number of fused-ring (bicyclic) bond motifs is 3. The van der Waals surface area contributed by atoms with Gasteiger partial charge in [0.2, 0.25) is 0 Å². The average molecular weight is 394 g/mol. The summed E-state index contributed by atoms with van der Waals surface area (Å²) in [5.41, 5.74) is 8.00. The smallest absolute Gasteiger partial charge is 0.158 e. The minimum atomic E-state index is -0.747. The summed E-state index contributed by atoms with van der Waals surface area (Å²) in [5.74, 6) is 1.08. The van der Waals surface area contributed by atoms with Gasteiger partial charge in [-0.3, -0.25) is 0 Å². The number of nitrogens with zero attached hydrogens (tertiary/aromatic N) is 4. The molecule has 3 N–H and O–H groups in total. The van der Waals surface area contributed by atoms with Crippen molar-refractivity contribution >= 4 is 22.4 Å². The van der Waals surface area contributed by atoms with Crippen LogP contribution in [0.1, 0.15) is 29.4 Å². The first-order valence-corrected chi connectivity index (χ1v) is 9.80. The SMILES string of the molecule is Cc1cccc([C@@H](N)Nc2nnc(C)c3cnc(N4CC5CC(C4)O5)cc23)c1F. The fourth-order valence-corrected chi connectivity index (χ4v) is 4.12. The molecule has 3 aromatic rings. The molecule has 150 valence electrons. The first-order valence-electron chi connectivity index (χ1n) is 9.80. The molecule has 8 heteroatoms. The molecule has 0 aliphatic carbocycles. The Hall–Kier alpha value is -2.84. The molecule has 3 saturated heterocycles. The maximum Gasteiger partial charge on any atom is 0.158 e. The highest BCUT2D eigenvalue weighted by molar-refractivity contribution is 5.94. The molecule has 2 bridgehead atoms. The van der Waals surface area contributed by atoms with E-state index in [2.05, 4.69) is 25.4 Å². The van der Waals surface area contributed by atoms with Crippen LogP contribution in [-0.2, 0) is 4.74 Å². The van der Waals surface area contributed by atoms with E-state index in [0.29, 0.717) is 29.2 Å². The Bertz CT molecular complexity index is 1070. The number of pyridine rings is 1. The van der Waals surface area contributed by atoms with Gasteiger partial charge < -0.3 is 20.7 Å². The van der Waals surface area contributed by atoms with Gasteiger partial charge in [-0.25, -0.2) is 9.37 Å². The Morgan fingerprint density at radius 2 is 1.97 bits per heavy atom. The second-order valence-corrected chi connectivity index (χ2v) is 7.84. The third-order valence-corrected chi connectivity index (χ3v) is 5.77. The van der Waals surface area contributed by atoms with Gasteiger partial charge in [0.25, 0.3) is 0 Å². The van der Waals surface area contributed by atoms with E-state index in [9.17, 15) is 4.39 Å². The van der Waals surface area contributed by atoms with Crippen LogP contribution in [0.15, 0.2) is 30.5 Å². The lowest BCUT2D eigenvalue weighted by Gasteiger charge is -2.47. The van der Waals surface area contributed by atoms with Gasteiger partial charge in [-0.1, -0.05) is 18.2 Å². The summed E-state index contributed by atoms with van der Waals surface area (Å²) in [5, 5.41) is 13.4.